The van der Waals surface area contributed by atoms with Crippen LogP contribution >= 0.6 is 12.4 Å². The number of rotatable bonds is 2. The van der Waals surface area contributed by atoms with Crippen LogP contribution in [0.1, 0.15) is 32.1 Å². The summed E-state index contributed by atoms with van der Waals surface area (Å²) >= 11 is 0. The molecule has 1 N–H and O–H groups in total. The van der Waals surface area contributed by atoms with Gasteiger partial charge in [0.1, 0.15) is 0 Å². The van der Waals surface area contributed by atoms with Crippen molar-refractivity contribution in [1.29, 1.82) is 0 Å². The van der Waals surface area contributed by atoms with Gasteiger partial charge >= 0.3 is 5.97 Å². The first-order chi connectivity index (χ1) is 5.29. The number of halogens is 1. The highest BCUT2D eigenvalue weighted by Crippen LogP contribution is 2.24. The van der Waals surface area contributed by atoms with E-state index in [4.69, 9.17) is 5.11 Å². The SMILES string of the molecule is Cl.O=C(O)C=CC1CCCCC1. The fourth-order valence-electron chi connectivity index (χ4n) is 1.55. The van der Waals surface area contributed by atoms with Gasteiger partial charge in [-0.3, -0.25) is 0 Å². The Hall–Kier alpha value is -0.500. The predicted molar refractivity (Wildman–Crippen MR) is 50.6 cm³/mol. The van der Waals surface area contributed by atoms with E-state index in [9.17, 15) is 4.79 Å². The second-order valence-electron chi connectivity index (χ2n) is 3.10. The van der Waals surface area contributed by atoms with Crippen molar-refractivity contribution < 1.29 is 9.90 Å². The Labute approximate surface area is 79.1 Å². The molecule has 1 rings (SSSR count). The molecule has 1 aliphatic rings. The smallest absolute Gasteiger partial charge is 0.327 e. The van der Waals surface area contributed by atoms with Gasteiger partial charge in [0.25, 0.3) is 0 Å². The van der Waals surface area contributed by atoms with Gasteiger partial charge < -0.3 is 5.11 Å². The summed E-state index contributed by atoms with van der Waals surface area (Å²) in [6.45, 7) is 0. The van der Waals surface area contributed by atoms with Crippen molar-refractivity contribution in [2.24, 2.45) is 5.92 Å². The lowest BCUT2D eigenvalue weighted by molar-refractivity contribution is -0.131. The van der Waals surface area contributed by atoms with E-state index in [0.717, 1.165) is 0 Å². The van der Waals surface area contributed by atoms with Crippen molar-refractivity contribution in [3.8, 4) is 0 Å². The molecule has 0 amide bonds. The van der Waals surface area contributed by atoms with Crippen LogP contribution < -0.4 is 0 Å². The van der Waals surface area contributed by atoms with E-state index in [2.05, 4.69) is 0 Å². The fraction of sp³-hybridized carbons (Fsp3) is 0.667. The Balaban J connectivity index is 0.00000121. The molecule has 0 aromatic rings. The van der Waals surface area contributed by atoms with Crippen LogP contribution in [0.15, 0.2) is 12.2 Å². The summed E-state index contributed by atoms with van der Waals surface area (Å²) in [7, 11) is 0. The third kappa shape index (κ3) is 4.39. The number of hydrogen-bond acceptors (Lipinski definition) is 1. The van der Waals surface area contributed by atoms with Crippen LogP contribution in [0.4, 0.5) is 0 Å². The molecule has 12 heavy (non-hydrogen) atoms. The van der Waals surface area contributed by atoms with E-state index in [1.54, 1.807) is 0 Å². The molecule has 1 saturated carbocycles. The van der Waals surface area contributed by atoms with Gasteiger partial charge in [-0.2, -0.15) is 0 Å². The minimum Gasteiger partial charge on any atom is -0.478 e. The Morgan fingerprint density at radius 3 is 2.33 bits per heavy atom. The van der Waals surface area contributed by atoms with E-state index in [1.165, 1.54) is 38.2 Å². The van der Waals surface area contributed by atoms with Gasteiger partial charge in [0.2, 0.25) is 0 Å². The van der Waals surface area contributed by atoms with E-state index >= 15 is 0 Å². The zero-order valence-corrected chi connectivity index (χ0v) is 7.85. The molecule has 0 aromatic heterocycles. The van der Waals surface area contributed by atoms with Crippen molar-refractivity contribution in [3.05, 3.63) is 12.2 Å². The number of carboxylic acids is 1. The zero-order chi connectivity index (χ0) is 8.10. The van der Waals surface area contributed by atoms with Crippen LogP contribution in [-0.4, -0.2) is 11.1 Å². The number of aliphatic carboxylic acids is 1. The number of carboxylic acid groups (broad SMARTS) is 1. The molecule has 2 nitrogen and oxygen atoms in total. The third-order valence-corrected chi connectivity index (χ3v) is 2.16. The van der Waals surface area contributed by atoms with Crippen LogP contribution in [0, 0.1) is 5.92 Å². The average Bonchev–Trinajstić information content (AvgIpc) is 2.03. The van der Waals surface area contributed by atoms with E-state index in [0.29, 0.717) is 5.92 Å². The van der Waals surface area contributed by atoms with E-state index < -0.39 is 5.97 Å². The Kier molecular flexibility index (Phi) is 5.81. The van der Waals surface area contributed by atoms with Gasteiger partial charge in [0.05, 0.1) is 0 Å². The molecule has 1 fully saturated rings. The lowest BCUT2D eigenvalue weighted by Crippen LogP contribution is -2.03. The van der Waals surface area contributed by atoms with Crippen molar-refractivity contribution in [1.82, 2.24) is 0 Å². The highest BCUT2D eigenvalue weighted by Gasteiger charge is 2.09. The van der Waals surface area contributed by atoms with E-state index in [-0.39, 0.29) is 12.4 Å². The Morgan fingerprint density at radius 2 is 1.83 bits per heavy atom. The largest absolute Gasteiger partial charge is 0.478 e. The van der Waals surface area contributed by atoms with Gasteiger partial charge in [0.15, 0.2) is 0 Å². The molecule has 0 aliphatic heterocycles. The standard InChI is InChI=1S/C9H14O2.ClH/c10-9(11)7-6-8-4-2-1-3-5-8;/h6-8H,1-5H2,(H,10,11);1H. The van der Waals surface area contributed by atoms with Crippen molar-refractivity contribution >= 4 is 18.4 Å². The Bertz CT molecular complexity index is 160. The summed E-state index contributed by atoms with van der Waals surface area (Å²) in [6, 6.07) is 0. The second kappa shape index (κ2) is 6.06. The topological polar surface area (TPSA) is 37.3 Å². The second-order valence-corrected chi connectivity index (χ2v) is 3.10. The molecule has 3 heteroatoms. The maximum absolute atomic E-state index is 10.2. The summed E-state index contributed by atoms with van der Waals surface area (Å²) in [5.41, 5.74) is 0. The molecule has 0 heterocycles. The minimum absolute atomic E-state index is 0. The molecule has 0 atom stereocenters. The molecule has 0 bridgehead atoms. The average molecular weight is 191 g/mol. The van der Waals surface area contributed by atoms with Gasteiger partial charge in [0, 0.05) is 6.08 Å². The highest BCUT2D eigenvalue weighted by molar-refractivity contribution is 5.85. The predicted octanol–water partition coefficient (Wildman–Crippen LogP) is 2.63. The Morgan fingerprint density at radius 1 is 1.25 bits per heavy atom. The number of hydrogen-bond donors (Lipinski definition) is 1. The van der Waals surface area contributed by atoms with Crippen molar-refractivity contribution in [2.75, 3.05) is 0 Å². The van der Waals surface area contributed by atoms with Gasteiger partial charge in [-0.25, -0.2) is 4.79 Å². The molecule has 0 spiro atoms. The first kappa shape index (κ1) is 11.5. The van der Waals surface area contributed by atoms with Crippen molar-refractivity contribution in [3.63, 3.8) is 0 Å². The molecule has 70 valence electrons. The zero-order valence-electron chi connectivity index (χ0n) is 7.03. The molecule has 0 saturated heterocycles. The molecule has 0 aromatic carbocycles. The minimum atomic E-state index is -0.824. The summed E-state index contributed by atoms with van der Waals surface area (Å²) in [6.07, 6.45) is 9.28. The first-order valence-electron chi connectivity index (χ1n) is 4.20. The van der Waals surface area contributed by atoms with Gasteiger partial charge in [-0.05, 0) is 18.8 Å². The van der Waals surface area contributed by atoms with Gasteiger partial charge in [-0.15, -0.1) is 12.4 Å². The lowest BCUT2D eigenvalue weighted by Gasteiger charge is -2.17. The number of carbonyl (C=O) groups is 1. The molecular weight excluding hydrogens is 176 g/mol. The van der Waals surface area contributed by atoms with Crippen LogP contribution in [-0.2, 0) is 4.79 Å². The molecular formula is C9H15ClO2. The summed E-state index contributed by atoms with van der Waals surface area (Å²) in [5, 5.41) is 8.36. The third-order valence-electron chi connectivity index (χ3n) is 2.16. The maximum atomic E-state index is 10.2. The van der Waals surface area contributed by atoms with Crippen LogP contribution in [0.2, 0.25) is 0 Å². The normalized spacial score (nSPS) is 19.0. The summed E-state index contributed by atoms with van der Waals surface area (Å²) in [5.74, 6) is -0.296. The van der Waals surface area contributed by atoms with Crippen LogP contribution in [0.3, 0.4) is 0 Å². The van der Waals surface area contributed by atoms with Gasteiger partial charge in [-0.1, -0.05) is 25.3 Å². The summed E-state index contributed by atoms with van der Waals surface area (Å²) < 4.78 is 0. The number of allylic oxidation sites excluding steroid dienone is 1. The molecule has 0 unspecified atom stereocenters. The van der Waals surface area contributed by atoms with Crippen molar-refractivity contribution in [2.45, 2.75) is 32.1 Å². The highest BCUT2D eigenvalue weighted by atomic mass is 35.5. The van der Waals surface area contributed by atoms with Crippen LogP contribution in [0.25, 0.3) is 0 Å². The fourth-order valence-corrected chi connectivity index (χ4v) is 1.55. The lowest BCUT2D eigenvalue weighted by atomic mass is 9.89. The molecule has 0 radical (unpaired) electrons. The monoisotopic (exact) mass is 190 g/mol. The quantitative estimate of drug-likeness (QED) is 0.680. The first-order valence-corrected chi connectivity index (χ1v) is 4.20. The summed E-state index contributed by atoms with van der Waals surface area (Å²) in [4.78, 5) is 10.2. The van der Waals surface area contributed by atoms with E-state index in [1.807, 2.05) is 6.08 Å². The molecule has 1 aliphatic carbocycles. The van der Waals surface area contributed by atoms with Crippen LogP contribution in [0.5, 0.6) is 0 Å². The maximum Gasteiger partial charge on any atom is 0.327 e.